The van der Waals surface area contributed by atoms with Gasteiger partial charge in [0.15, 0.2) is 0 Å². The zero-order chi connectivity index (χ0) is 7.98. The predicted molar refractivity (Wildman–Crippen MR) is 44.2 cm³/mol. The van der Waals surface area contributed by atoms with Gasteiger partial charge in [-0.3, -0.25) is 0 Å². The summed E-state index contributed by atoms with van der Waals surface area (Å²) in [7, 11) is 1.95. The molecule has 2 heteroatoms. The van der Waals surface area contributed by atoms with Crippen LogP contribution in [0.15, 0.2) is 0 Å². The number of hydrogen-bond acceptors (Lipinski definition) is 2. The largest absolute Gasteiger partial charge is 0.374 e. The quantitative estimate of drug-likeness (QED) is 0.631. The molecule has 0 aromatic carbocycles. The number of ether oxygens (including phenoxy) is 1. The summed E-state index contributed by atoms with van der Waals surface area (Å²) in [4.78, 5) is 0. The van der Waals surface area contributed by atoms with Crippen LogP contribution >= 0.6 is 0 Å². The second-order valence-corrected chi connectivity index (χ2v) is 2.77. The third kappa shape index (κ3) is 4.77. The maximum absolute atomic E-state index is 5.58. The molecule has 0 aromatic heterocycles. The first-order valence-corrected chi connectivity index (χ1v) is 4.00. The summed E-state index contributed by atoms with van der Waals surface area (Å²) in [5, 5.41) is 3.10. The van der Waals surface area contributed by atoms with Crippen molar-refractivity contribution in [3.63, 3.8) is 0 Å². The van der Waals surface area contributed by atoms with Gasteiger partial charge in [0, 0.05) is 6.54 Å². The molecule has 1 atom stereocenters. The fourth-order valence-corrected chi connectivity index (χ4v) is 0.901. The lowest BCUT2D eigenvalue weighted by Gasteiger charge is -2.17. The third-order valence-corrected chi connectivity index (χ3v) is 1.35. The van der Waals surface area contributed by atoms with Gasteiger partial charge in [0.1, 0.15) is 0 Å². The van der Waals surface area contributed by atoms with Crippen molar-refractivity contribution in [3.05, 3.63) is 0 Å². The van der Waals surface area contributed by atoms with E-state index in [0.717, 1.165) is 13.0 Å². The van der Waals surface area contributed by atoms with Gasteiger partial charge in [-0.05, 0) is 27.3 Å². The standard InChI is InChI=1S/C8H19NO/c1-5-8(6-9-4)10-7(2)3/h7-9H,5-6H2,1-4H3. The SMILES string of the molecule is CCC(CNC)OC(C)C. The van der Waals surface area contributed by atoms with E-state index in [-0.39, 0.29) is 0 Å². The van der Waals surface area contributed by atoms with Crippen LogP contribution in [0.3, 0.4) is 0 Å². The summed E-state index contributed by atoms with van der Waals surface area (Å²) < 4.78 is 5.58. The summed E-state index contributed by atoms with van der Waals surface area (Å²) in [6, 6.07) is 0. The molecule has 0 rings (SSSR count). The van der Waals surface area contributed by atoms with Crippen LogP contribution in [0.25, 0.3) is 0 Å². The average molecular weight is 145 g/mol. The van der Waals surface area contributed by atoms with E-state index >= 15 is 0 Å². The second-order valence-electron chi connectivity index (χ2n) is 2.77. The van der Waals surface area contributed by atoms with Crippen molar-refractivity contribution in [1.29, 1.82) is 0 Å². The molecular weight excluding hydrogens is 126 g/mol. The van der Waals surface area contributed by atoms with E-state index in [1.807, 2.05) is 7.05 Å². The zero-order valence-electron chi connectivity index (χ0n) is 7.48. The van der Waals surface area contributed by atoms with E-state index in [9.17, 15) is 0 Å². The van der Waals surface area contributed by atoms with Gasteiger partial charge in [-0.2, -0.15) is 0 Å². The summed E-state index contributed by atoms with van der Waals surface area (Å²) >= 11 is 0. The fourth-order valence-electron chi connectivity index (χ4n) is 0.901. The van der Waals surface area contributed by atoms with Crippen molar-refractivity contribution in [2.45, 2.75) is 39.4 Å². The highest BCUT2D eigenvalue weighted by Crippen LogP contribution is 2.00. The minimum absolute atomic E-state index is 0.346. The maximum atomic E-state index is 5.58. The first-order chi connectivity index (χ1) is 4.70. The second kappa shape index (κ2) is 5.69. The summed E-state index contributed by atoms with van der Waals surface area (Å²) in [5.41, 5.74) is 0. The predicted octanol–water partition coefficient (Wildman–Crippen LogP) is 1.41. The molecule has 62 valence electrons. The molecule has 0 amide bonds. The third-order valence-electron chi connectivity index (χ3n) is 1.35. The van der Waals surface area contributed by atoms with Gasteiger partial charge in [-0.25, -0.2) is 0 Å². The lowest BCUT2D eigenvalue weighted by Crippen LogP contribution is -2.28. The van der Waals surface area contributed by atoms with Crippen LogP contribution in [-0.4, -0.2) is 25.8 Å². The van der Waals surface area contributed by atoms with E-state index in [1.165, 1.54) is 0 Å². The Morgan fingerprint density at radius 1 is 1.40 bits per heavy atom. The maximum Gasteiger partial charge on any atom is 0.0700 e. The highest BCUT2D eigenvalue weighted by Gasteiger charge is 2.05. The molecule has 0 bridgehead atoms. The molecule has 0 aliphatic carbocycles. The van der Waals surface area contributed by atoms with Gasteiger partial charge in [0.2, 0.25) is 0 Å². The zero-order valence-corrected chi connectivity index (χ0v) is 7.48. The lowest BCUT2D eigenvalue weighted by atomic mass is 10.2. The highest BCUT2D eigenvalue weighted by atomic mass is 16.5. The van der Waals surface area contributed by atoms with Gasteiger partial charge < -0.3 is 10.1 Å². The van der Waals surface area contributed by atoms with E-state index in [0.29, 0.717) is 12.2 Å². The van der Waals surface area contributed by atoms with Crippen LogP contribution < -0.4 is 5.32 Å². The van der Waals surface area contributed by atoms with Gasteiger partial charge in [0.05, 0.1) is 12.2 Å². The highest BCUT2D eigenvalue weighted by molar-refractivity contribution is 4.58. The monoisotopic (exact) mass is 145 g/mol. The first-order valence-electron chi connectivity index (χ1n) is 4.00. The molecule has 0 radical (unpaired) electrons. The smallest absolute Gasteiger partial charge is 0.0700 e. The normalized spacial score (nSPS) is 14.1. The van der Waals surface area contributed by atoms with E-state index in [2.05, 4.69) is 26.1 Å². The molecule has 1 unspecified atom stereocenters. The molecule has 0 saturated carbocycles. The minimum atomic E-state index is 0.346. The number of likely N-dealkylation sites (N-methyl/N-ethyl adjacent to an activating group) is 1. The van der Waals surface area contributed by atoms with Crippen molar-refractivity contribution in [2.24, 2.45) is 0 Å². The van der Waals surface area contributed by atoms with Crippen molar-refractivity contribution >= 4 is 0 Å². The molecule has 0 spiro atoms. The van der Waals surface area contributed by atoms with Gasteiger partial charge in [-0.1, -0.05) is 6.92 Å². The van der Waals surface area contributed by atoms with Crippen LogP contribution in [0, 0.1) is 0 Å². The van der Waals surface area contributed by atoms with Gasteiger partial charge in [0.25, 0.3) is 0 Å². The Hall–Kier alpha value is -0.0800. The molecule has 0 aliphatic heterocycles. The number of rotatable bonds is 5. The van der Waals surface area contributed by atoms with Crippen molar-refractivity contribution in [1.82, 2.24) is 5.32 Å². The molecule has 1 N–H and O–H groups in total. The van der Waals surface area contributed by atoms with E-state index in [1.54, 1.807) is 0 Å². The van der Waals surface area contributed by atoms with Crippen LogP contribution in [0.2, 0.25) is 0 Å². The van der Waals surface area contributed by atoms with Gasteiger partial charge >= 0.3 is 0 Å². The molecule has 10 heavy (non-hydrogen) atoms. The molecule has 0 aromatic rings. The molecule has 2 nitrogen and oxygen atoms in total. The summed E-state index contributed by atoms with van der Waals surface area (Å²) in [6.07, 6.45) is 1.81. The first kappa shape index (κ1) is 9.92. The Balaban J connectivity index is 3.39. The van der Waals surface area contributed by atoms with Crippen LogP contribution in [0.1, 0.15) is 27.2 Å². The Morgan fingerprint density at radius 2 is 2.00 bits per heavy atom. The molecule has 0 fully saturated rings. The minimum Gasteiger partial charge on any atom is -0.374 e. The molecule has 0 heterocycles. The van der Waals surface area contributed by atoms with E-state index in [4.69, 9.17) is 4.74 Å². The fraction of sp³-hybridized carbons (Fsp3) is 1.00. The van der Waals surface area contributed by atoms with Crippen molar-refractivity contribution in [3.8, 4) is 0 Å². The Kier molecular flexibility index (Phi) is 5.64. The average Bonchev–Trinajstić information content (AvgIpc) is 1.86. The molecule has 0 saturated heterocycles. The topological polar surface area (TPSA) is 21.3 Å². The van der Waals surface area contributed by atoms with Crippen molar-refractivity contribution in [2.75, 3.05) is 13.6 Å². The Bertz CT molecular complexity index is 73.7. The van der Waals surface area contributed by atoms with Crippen LogP contribution in [0.5, 0.6) is 0 Å². The van der Waals surface area contributed by atoms with Crippen molar-refractivity contribution < 1.29 is 4.74 Å². The molecular formula is C8H19NO. The summed E-state index contributed by atoms with van der Waals surface area (Å²) in [5.74, 6) is 0. The Morgan fingerprint density at radius 3 is 2.30 bits per heavy atom. The number of hydrogen-bond donors (Lipinski definition) is 1. The lowest BCUT2D eigenvalue weighted by molar-refractivity contribution is 0.00769. The summed E-state index contributed by atoms with van der Waals surface area (Å²) in [6.45, 7) is 7.23. The number of nitrogens with one attached hydrogen (secondary N) is 1. The Labute approximate surface area is 64.0 Å². The van der Waals surface area contributed by atoms with Gasteiger partial charge in [-0.15, -0.1) is 0 Å². The van der Waals surface area contributed by atoms with E-state index < -0.39 is 0 Å². The molecule has 0 aliphatic rings. The van der Waals surface area contributed by atoms with Crippen LogP contribution in [0.4, 0.5) is 0 Å². The van der Waals surface area contributed by atoms with Crippen LogP contribution in [-0.2, 0) is 4.74 Å².